The van der Waals surface area contributed by atoms with Gasteiger partial charge in [-0.2, -0.15) is 5.10 Å². The summed E-state index contributed by atoms with van der Waals surface area (Å²) in [5.41, 5.74) is 1.75. The number of pyridine rings is 1. The summed E-state index contributed by atoms with van der Waals surface area (Å²) in [5.74, 6) is -1.17. The lowest BCUT2D eigenvalue weighted by Crippen LogP contribution is -2.28. The fourth-order valence-electron chi connectivity index (χ4n) is 3.52. The molecular weight excluding hydrogens is 488 g/mol. The first-order valence-corrected chi connectivity index (χ1v) is 11.4. The Bertz CT molecular complexity index is 1120. The van der Waals surface area contributed by atoms with E-state index in [1.54, 1.807) is 37.7 Å². The number of rotatable bonds is 7. The van der Waals surface area contributed by atoms with Crippen molar-refractivity contribution in [3.8, 4) is 11.4 Å². The number of carboxylic acids is 1. The zero-order valence-electron chi connectivity index (χ0n) is 19.0. The normalized spacial score (nSPS) is 12.3. The number of aliphatic carboxylic acids is 1. The van der Waals surface area contributed by atoms with Crippen molar-refractivity contribution in [2.45, 2.75) is 52.2 Å². The highest BCUT2D eigenvalue weighted by molar-refractivity contribution is 9.10. The van der Waals surface area contributed by atoms with Crippen molar-refractivity contribution in [2.24, 2.45) is 0 Å². The lowest BCUT2D eigenvalue weighted by Gasteiger charge is -2.22. The highest BCUT2D eigenvalue weighted by Crippen LogP contribution is 2.40. The predicted octanol–water partition coefficient (Wildman–Crippen LogP) is 5.68. The van der Waals surface area contributed by atoms with E-state index >= 15 is 0 Å². The Morgan fingerprint density at radius 1 is 1.18 bits per heavy atom. The van der Waals surface area contributed by atoms with Crippen molar-refractivity contribution in [3.63, 3.8) is 0 Å². The standard InChI is InChI=1S/C24H27BrN4O4/c1-5-29-22(27-23(32)33-24(2,3)4)20(21(28-29)18-8-6-7-13-26-18)17(14-19(30)31)15-9-11-16(25)12-10-15/h6-13,17H,5,14H2,1-4H3,(H,27,32)(H,30,31). The smallest absolute Gasteiger partial charge is 0.413 e. The number of benzene rings is 1. The summed E-state index contributed by atoms with van der Waals surface area (Å²) >= 11 is 3.43. The van der Waals surface area contributed by atoms with Crippen LogP contribution < -0.4 is 5.32 Å². The molecule has 3 rings (SSSR count). The first-order valence-electron chi connectivity index (χ1n) is 10.6. The van der Waals surface area contributed by atoms with E-state index in [-0.39, 0.29) is 6.42 Å². The number of halogens is 1. The number of hydrogen-bond acceptors (Lipinski definition) is 5. The molecule has 0 aliphatic carbocycles. The number of carboxylic acid groups (broad SMARTS) is 1. The van der Waals surface area contributed by atoms with Crippen LogP contribution in [-0.4, -0.2) is 37.5 Å². The highest BCUT2D eigenvalue weighted by Gasteiger charge is 2.31. The third-order valence-corrected chi connectivity index (χ3v) is 5.34. The van der Waals surface area contributed by atoms with E-state index < -0.39 is 23.6 Å². The minimum Gasteiger partial charge on any atom is -0.481 e. The molecule has 0 saturated heterocycles. The minimum atomic E-state index is -0.970. The third-order valence-electron chi connectivity index (χ3n) is 4.82. The third kappa shape index (κ3) is 6.19. The lowest BCUT2D eigenvalue weighted by atomic mass is 9.87. The molecule has 8 nitrogen and oxygen atoms in total. The molecule has 0 fully saturated rings. The second-order valence-electron chi connectivity index (χ2n) is 8.47. The van der Waals surface area contributed by atoms with Gasteiger partial charge < -0.3 is 9.84 Å². The van der Waals surface area contributed by atoms with E-state index in [1.807, 2.05) is 43.3 Å². The Morgan fingerprint density at radius 2 is 1.88 bits per heavy atom. The molecule has 0 bridgehead atoms. The van der Waals surface area contributed by atoms with E-state index in [0.717, 1.165) is 10.0 Å². The zero-order valence-corrected chi connectivity index (χ0v) is 20.6. The quantitative estimate of drug-likeness (QED) is 0.419. The molecule has 1 unspecified atom stereocenters. The van der Waals surface area contributed by atoms with Crippen LogP contribution in [0.25, 0.3) is 11.4 Å². The second kappa shape index (κ2) is 10.2. The summed E-state index contributed by atoms with van der Waals surface area (Å²) in [7, 11) is 0. The highest BCUT2D eigenvalue weighted by atomic mass is 79.9. The van der Waals surface area contributed by atoms with Crippen LogP contribution in [0, 0.1) is 0 Å². The molecular formula is C24H27BrN4O4. The fraction of sp³-hybridized carbons (Fsp3) is 0.333. The van der Waals surface area contributed by atoms with Crippen LogP contribution in [-0.2, 0) is 16.1 Å². The van der Waals surface area contributed by atoms with Gasteiger partial charge in [-0.3, -0.25) is 15.1 Å². The van der Waals surface area contributed by atoms with Crippen molar-refractivity contribution in [2.75, 3.05) is 5.32 Å². The van der Waals surface area contributed by atoms with Gasteiger partial charge >= 0.3 is 12.1 Å². The van der Waals surface area contributed by atoms with Crippen molar-refractivity contribution in [1.82, 2.24) is 14.8 Å². The summed E-state index contributed by atoms with van der Waals surface area (Å²) in [6, 6.07) is 12.9. The maximum absolute atomic E-state index is 12.7. The molecule has 174 valence electrons. The van der Waals surface area contributed by atoms with Crippen molar-refractivity contribution in [1.29, 1.82) is 0 Å². The Labute approximate surface area is 201 Å². The summed E-state index contributed by atoms with van der Waals surface area (Å²) in [5, 5.41) is 17.3. The van der Waals surface area contributed by atoms with Crippen molar-refractivity contribution < 1.29 is 19.4 Å². The molecule has 2 N–H and O–H groups in total. The first kappa shape index (κ1) is 24.4. The average Bonchev–Trinajstić information content (AvgIpc) is 3.09. The van der Waals surface area contributed by atoms with Gasteiger partial charge in [0.05, 0.1) is 12.1 Å². The van der Waals surface area contributed by atoms with Gasteiger partial charge in [0.2, 0.25) is 0 Å². The van der Waals surface area contributed by atoms with Crippen LogP contribution >= 0.6 is 15.9 Å². The van der Waals surface area contributed by atoms with Gasteiger partial charge in [0.15, 0.2) is 0 Å². The molecule has 0 radical (unpaired) electrons. The molecule has 0 aliphatic heterocycles. The van der Waals surface area contributed by atoms with Crippen LogP contribution in [0.5, 0.6) is 0 Å². The molecule has 0 aliphatic rings. The number of nitrogens with zero attached hydrogens (tertiary/aromatic N) is 3. The van der Waals surface area contributed by atoms with Gasteiger partial charge in [0.1, 0.15) is 17.1 Å². The Balaban J connectivity index is 2.23. The van der Waals surface area contributed by atoms with Gasteiger partial charge in [0, 0.05) is 28.7 Å². The summed E-state index contributed by atoms with van der Waals surface area (Å²) in [6.07, 6.45) is 0.812. The van der Waals surface area contributed by atoms with E-state index in [1.165, 1.54) is 0 Å². The molecule has 0 spiro atoms. The van der Waals surface area contributed by atoms with E-state index in [0.29, 0.717) is 29.3 Å². The lowest BCUT2D eigenvalue weighted by molar-refractivity contribution is -0.137. The van der Waals surface area contributed by atoms with E-state index in [4.69, 9.17) is 9.84 Å². The second-order valence-corrected chi connectivity index (χ2v) is 9.39. The molecule has 1 aromatic carbocycles. The van der Waals surface area contributed by atoms with Gasteiger partial charge in [-0.1, -0.05) is 34.1 Å². The van der Waals surface area contributed by atoms with E-state index in [9.17, 15) is 14.7 Å². The van der Waals surface area contributed by atoms with Gasteiger partial charge in [0.25, 0.3) is 0 Å². The van der Waals surface area contributed by atoms with Crippen LogP contribution in [0.15, 0.2) is 53.1 Å². The molecule has 0 saturated carbocycles. The number of anilines is 1. The van der Waals surface area contributed by atoms with Crippen molar-refractivity contribution in [3.05, 3.63) is 64.3 Å². The molecule has 1 atom stereocenters. The number of hydrogen-bond donors (Lipinski definition) is 2. The first-order chi connectivity index (χ1) is 15.6. The maximum Gasteiger partial charge on any atom is 0.413 e. The number of ether oxygens (including phenoxy) is 1. The molecule has 1 amide bonds. The predicted molar refractivity (Wildman–Crippen MR) is 129 cm³/mol. The Kier molecular flexibility index (Phi) is 7.53. The Morgan fingerprint density at radius 3 is 2.42 bits per heavy atom. The topological polar surface area (TPSA) is 106 Å². The Hall–Kier alpha value is -3.20. The molecule has 9 heteroatoms. The number of aromatic nitrogens is 3. The summed E-state index contributed by atoms with van der Waals surface area (Å²) < 4.78 is 7.98. The molecule has 33 heavy (non-hydrogen) atoms. The number of aryl methyl sites for hydroxylation is 1. The average molecular weight is 515 g/mol. The van der Waals surface area contributed by atoms with Crippen LogP contribution in [0.4, 0.5) is 10.6 Å². The maximum atomic E-state index is 12.7. The number of carbonyl (C=O) groups is 2. The van der Waals surface area contributed by atoms with Gasteiger partial charge in [-0.25, -0.2) is 9.48 Å². The summed E-state index contributed by atoms with van der Waals surface area (Å²) in [6.45, 7) is 7.67. The van der Waals surface area contributed by atoms with Crippen molar-refractivity contribution >= 4 is 33.8 Å². The van der Waals surface area contributed by atoms with Crippen LogP contribution in [0.3, 0.4) is 0 Å². The van der Waals surface area contributed by atoms with Gasteiger partial charge in [-0.05, 0) is 57.5 Å². The zero-order chi connectivity index (χ0) is 24.2. The largest absolute Gasteiger partial charge is 0.481 e. The number of carbonyl (C=O) groups excluding carboxylic acids is 1. The SMILES string of the molecule is CCn1nc(-c2ccccn2)c(C(CC(=O)O)c2ccc(Br)cc2)c1NC(=O)OC(C)(C)C. The van der Waals surface area contributed by atoms with Crippen LogP contribution in [0.2, 0.25) is 0 Å². The molecule has 3 aromatic rings. The van der Waals surface area contributed by atoms with Crippen LogP contribution in [0.1, 0.15) is 51.2 Å². The van der Waals surface area contributed by atoms with E-state index in [2.05, 4.69) is 26.2 Å². The molecule has 2 aromatic heterocycles. The monoisotopic (exact) mass is 514 g/mol. The fourth-order valence-corrected chi connectivity index (χ4v) is 3.78. The number of nitrogens with one attached hydrogen (secondary N) is 1. The summed E-state index contributed by atoms with van der Waals surface area (Å²) in [4.78, 5) is 29.0. The molecule has 2 heterocycles. The minimum absolute atomic E-state index is 0.195. The van der Waals surface area contributed by atoms with Gasteiger partial charge in [-0.15, -0.1) is 0 Å². The number of amides is 1.